The molecule has 0 aliphatic heterocycles. The molecular weight excluding hydrogens is 361 g/mol. The van der Waals surface area contributed by atoms with E-state index in [0.29, 0.717) is 0 Å². The van der Waals surface area contributed by atoms with Crippen LogP contribution in [0.1, 0.15) is 15.9 Å². The second kappa shape index (κ2) is 8.77. The van der Waals surface area contributed by atoms with Gasteiger partial charge in [0, 0.05) is 5.56 Å². The van der Waals surface area contributed by atoms with Crippen LogP contribution in [-0.4, -0.2) is 24.3 Å². The number of hydrazine groups is 1. The first kappa shape index (κ1) is 19.0. The molecule has 0 saturated carbocycles. The number of nitrogens with one attached hydrogen (secondary N) is 3. The van der Waals surface area contributed by atoms with Crippen molar-refractivity contribution in [2.24, 2.45) is 0 Å². The molecule has 3 rings (SSSR count). The summed E-state index contributed by atoms with van der Waals surface area (Å²) in [7, 11) is 0. The van der Waals surface area contributed by atoms with Gasteiger partial charge in [-0.3, -0.25) is 25.2 Å². The summed E-state index contributed by atoms with van der Waals surface area (Å²) >= 11 is 0. The number of hydrogen-bond acceptors (Lipinski definition) is 3. The lowest BCUT2D eigenvalue weighted by molar-refractivity contribution is -0.126. The molecule has 28 heavy (non-hydrogen) atoms. The molecule has 7 heteroatoms. The van der Waals surface area contributed by atoms with Gasteiger partial charge in [0.05, 0.1) is 13.0 Å². The Morgan fingerprint density at radius 2 is 1.50 bits per heavy atom. The van der Waals surface area contributed by atoms with Gasteiger partial charge in [-0.25, -0.2) is 4.39 Å². The number of amides is 3. The minimum Gasteiger partial charge on any atom is -0.347 e. The lowest BCUT2D eigenvalue weighted by Gasteiger charge is -2.09. The van der Waals surface area contributed by atoms with Gasteiger partial charge in [0.15, 0.2) is 0 Å². The van der Waals surface area contributed by atoms with E-state index in [4.69, 9.17) is 0 Å². The van der Waals surface area contributed by atoms with Gasteiger partial charge < -0.3 is 5.32 Å². The molecule has 0 fully saturated rings. The SMILES string of the molecule is O=C(Cc1cccc2ccccc12)NCC(=O)NNC(=O)c1ccc(F)cc1. The summed E-state index contributed by atoms with van der Waals surface area (Å²) in [5.74, 6) is -1.94. The van der Waals surface area contributed by atoms with Crippen molar-refractivity contribution in [1.82, 2.24) is 16.2 Å². The van der Waals surface area contributed by atoms with Crippen molar-refractivity contribution in [2.45, 2.75) is 6.42 Å². The van der Waals surface area contributed by atoms with E-state index in [-0.39, 0.29) is 24.4 Å². The van der Waals surface area contributed by atoms with Crippen molar-refractivity contribution >= 4 is 28.5 Å². The Morgan fingerprint density at radius 3 is 2.29 bits per heavy atom. The zero-order chi connectivity index (χ0) is 19.9. The fourth-order valence-electron chi connectivity index (χ4n) is 2.71. The fourth-order valence-corrected chi connectivity index (χ4v) is 2.71. The average molecular weight is 379 g/mol. The van der Waals surface area contributed by atoms with Crippen LogP contribution >= 0.6 is 0 Å². The Bertz CT molecular complexity index is 1010. The molecule has 0 aliphatic carbocycles. The average Bonchev–Trinajstić information content (AvgIpc) is 2.71. The van der Waals surface area contributed by atoms with Crippen LogP contribution in [0.5, 0.6) is 0 Å². The topological polar surface area (TPSA) is 87.3 Å². The molecule has 0 radical (unpaired) electrons. The van der Waals surface area contributed by atoms with Crippen LogP contribution in [0.4, 0.5) is 4.39 Å². The highest BCUT2D eigenvalue weighted by Crippen LogP contribution is 2.18. The first-order valence-corrected chi connectivity index (χ1v) is 8.61. The van der Waals surface area contributed by atoms with Crippen molar-refractivity contribution < 1.29 is 18.8 Å². The second-order valence-corrected chi connectivity index (χ2v) is 6.10. The van der Waals surface area contributed by atoms with Gasteiger partial charge in [-0.2, -0.15) is 0 Å². The van der Waals surface area contributed by atoms with Crippen molar-refractivity contribution in [3.05, 3.63) is 83.7 Å². The molecule has 0 bridgehead atoms. The molecule has 0 saturated heterocycles. The van der Waals surface area contributed by atoms with Crippen LogP contribution in [0.25, 0.3) is 10.8 Å². The van der Waals surface area contributed by atoms with Gasteiger partial charge in [-0.05, 0) is 40.6 Å². The summed E-state index contributed by atoms with van der Waals surface area (Å²) in [6.45, 7) is -0.284. The molecule has 0 atom stereocenters. The van der Waals surface area contributed by atoms with Crippen LogP contribution < -0.4 is 16.2 Å². The first-order valence-electron chi connectivity index (χ1n) is 8.61. The van der Waals surface area contributed by atoms with E-state index in [9.17, 15) is 18.8 Å². The molecule has 6 nitrogen and oxygen atoms in total. The Labute approximate surface area is 160 Å². The monoisotopic (exact) mass is 379 g/mol. The Hall–Kier alpha value is -3.74. The maximum absolute atomic E-state index is 12.8. The molecule has 3 N–H and O–H groups in total. The number of fused-ring (bicyclic) bond motifs is 1. The van der Waals surface area contributed by atoms with Gasteiger partial charge in [-0.1, -0.05) is 42.5 Å². The molecule has 0 unspecified atom stereocenters. The molecule has 3 aromatic carbocycles. The summed E-state index contributed by atoms with van der Waals surface area (Å²) < 4.78 is 12.8. The molecule has 0 aliphatic rings. The third-order valence-electron chi connectivity index (χ3n) is 4.10. The number of carbonyl (C=O) groups excluding carboxylic acids is 3. The summed E-state index contributed by atoms with van der Waals surface area (Å²) in [6, 6.07) is 18.3. The summed E-state index contributed by atoms with van der Waals surface area (Å²) in [4.78, 5) is 35.8. The molecular formula is C21H18FN3O3. The van der Waals surface area contributed by atoms with Crippen LogP contribution in [0.15, 0.2) is 66.7 Å². The fraction of sp³-hybridized carbons (Fsp3) is 0.0952. The van der Waals surface area contributed by atoms with Crippen molar-refractivity contribution in [1.29, 1.82) is 0 Å². The quantitative estimate of drug-likeness (QED) is 0.594. The van der Waals surface area contributed by atoms with Crippen LogP contribution in [0.3, 0.4) is 0 Å². The second-order valence-electron chi connectivity index (χ2n) is 6.10. The van der Waals surface area contributed by atoms with Gasteiger partial charge in [0.25, 0.3) is 11.8 Å². The van der Waals surface area contributed by atoms with E-state index < -0.39 is 17.6 Å². The number of rotatable bonds is 5. The zero-order valence-corrected chi connectivity index (χ0v) is 14.9. The number of benzene rings is 3. The first-order chi connectivity index (χ1) is 13.5. The zero-order valence-electron chi connectivity index (χ0n) is 14.9. The van der Waals surface area contributed by atoms with Gasteiger partial charge in [-0.15, -0.1) is 0 Å². The highest BCUT2D eigenvalue weighted by molar-refractivity contribution is 5.96. The molecule has 142 valence electrons. The van der Waals surface area contributed by atoms with Crippen LogP contribution in [-0.2, 0) is 16.0 Å². The summed E-state index contributed by atoms with van der Waals surface area (Å²) in [5.41, 5.74) is 5.46. The predicted molar refractivity (Wildman–Crippen MR) is 103 cm³/mol. The normalized spacial score (nSPS) is 10.3. The van der Waals surface area contributed by atoms with Gasteiger partial charge >= 0.3 is 0 Å². The third-order valence-corrected chi connectivity index (χ3v) is 4.10. The van der Waals surface area contributed by atoms with Gasteiger partial charge in [0.2, 0.25) is 5.91 Å². The van der Waals surface area contributed by atoms with Crippen LogP contribution in [0, 0.1) is 5.82 Å². The number of halogens is 1. The lowest BCUT2D eigenvalue weighted by atomic mass is 10.0. The van der Waals surface area contributed by atoms with Crippen molar-refractivity contribution in [3.63, 3.8) is 0 Å². The molecule has 0 spiro atoms. The molecule has 3 amide bonds. The lowest BCUT2D eigenvalue weighted by Crippen LogP contribution is -2.46. The Balaban J connectivity index is 1.47. The van der Waals surface area contributed by atoms with Crippen LogP contribution in [0.2, 0.25) is 0 Å². The minimum absolute atomic E-state index is 0.135. The Kier molecular flexibility index (Phi) is 5.96. The summed E-state index contributed by atoms with van der Waals surface area (Å²) in [6.07, 6.45) is 0.135. The smallest absolute Gasteiger partial charge is 0.269 e. The third kappa shape index (κ3) is 4.91. The van der Waals surface area contributed by atoms with E-state index in [0.717, 1.165) is 28.5 Å². The highest BCUT2D eigenvalue weighted by Gasteiger charge is 2.10. The number of hydrogen-bond donors (Lipinski definition) is 3. The van der Waals surface area contributed by atoms with Crippen molar-refractivity contribution in [3.8, 4) is 0 Å². The standard InChI is InChI=1S/C21H18FN3O3/c22-17-10-8-15(9-11-17)21(28)25-24-20(27)13-23-19(26)12-16-6-3-5-14-4-1-2-7-18(14)16/h1-11H,12-13H2,(H,23,26)(H,24,27)(H,25,28). The molecule has 3 aromatic rings. The number of carbonyl (C=O) groups is 3. The maximum atomic E-state index is 12.8. The highest BCUT2D eigenvalue weighted by atomic mass is 19.1. The maximum Gasteiger partial charge on any atom is 0.269 e. The molecule has 0 heterocycles. The van der Waals surface area contributed by atoms with E-state index in [1.807, 2.05) is 42.5 Å². The molecule has 0 aromatic heterocycles. The van der Waals surface area contributed by atoms with Gasteiger partial charge in [0.1, 0.15) is 5.82 Å². The van der Waals surface area contributed by atoms with Crippen molar-refractivity contribution in [2.75, 3.05) is 6.54 Å². The summed E-state index contributed by atoms with van der Waals surface area (Å²) in [5, 5.41) is 4.53. The van der Waals surface area contributed by atoms with E-state index in [1.165, 1.54) is 12.1 Å². The minimum atomic E-state index is -0.588. The predicted octanol–water partition coefficient (Wildman–Crippen LogP) is 2.10. The Morgan fingerprint density at radius 1 is 0.786 bits per heavy atom. The van der Waals surface area contributed by atoms with E-state index >= 15 is 0 Å². The van der Waals surface area contributed by atoms with E-state index in [2.05, 4.69) is 16.2 Å². The largest absolute Gasteiger partial charge is 0.347 e. The van der Waals surface area contributed by atoms with E-state index in [1.54, 1.807) is 0 Å².